The van der Waals surface area contributed by atoms with Gasteiger partial charge in [-0.15, -0.1) is 0 Å². The Labute approximate surface area is 89.1 Å². The Morgan fingerprint density at radius 1 is 1.47 bits per heavy atom. The maximum absolute atomic E-state index is 12.3. The van der Waals surface area contributed by atoms with Crippen molar-refractivity contribution in [3.05, 3.63) is 16.7 Å². The van der Waals surface area contributed by atoms with E-state index in [2.05, 4.69) is 4.98 Å². The van der Waals surface area contributed by atoms with Gasteiger partial charge in [-0.05, 0) is 6.07 Å². The number of hydrogen-bond donors (Lipinski definition) is 2. The number of nitrogen functional groups attached to an aromatic ring is 1. The van der Waals surface area contributed by atoms with Crippen LogP contribution in [0.4, 0.5) is 14.6 Å². The van der Waals surface area contributed by atoms with E-state index in [1.807, 2.05) is 0 Å². The molecule has 15 heavy (non-hydrogen) atoms. The van der Waals surface area contributed by atoms with Crippen molar-refractivity contribution in [2.45, 2.75) is 11.5 Å². The Morgan fingerprint density at radius 2 is 2.00 bits per heavy atom. The Morgan fingerprint density at radius 3 is 2.40 bits per heavy atom. The number of hydrogen-bond acceptors (Lipinski definition) is 4. The SMILES string of the molecule is Nc1nc(S(N)(=O)=O)c(Cl)cc1C(F)F. The van der Waals surface area contributed by atoms with Crippen molar-refractivity contribution < 1.29 is 17.2 Å². The predicted molar refractivity (Wildman–Crippen MR) is 50.0 cm³/mol. The van der Waals surface area contributed by atoms with Gasteiger partial charge in [0.25, 0.3) is 16.4 Å². The van der Waals surface area contributed by atoms with Crippen LogP contribution in [0.25, 0.3) is 0 Å². The van der Waals surface area contributed by atoms with E-state index in [0.29, 0.717) is 0 Å². The minimum atomic E-state index is -4.17. The summed E-state index contributed by atoms with van der Waals surface area (Å²) in [7, 11) is -4.17. The molecule has 0 aliphatic heterocycles. The Kier molecular flexibility index (Phi) is 3.12. The Bertz CT molecular complexity index is 491. The molecule has 0 saturated carbocycles. The number of halogens is 3. The number of anilines is 1. The van der Waals surface area contributed by atoms with Gasteiger partial charge in [0.05, 0.1) is 10.6 Å². The molecule has 0 bridgehead atoms. The summed E-state index contributed by atoms with van der Waals surface area (Å²) in [5.74, 6) is -0.613. The van der Waals surface area contributed by atoms with Crippen LogP contribution in [0.1, 0.15) is 12.0 Å². The molecule has 0 aliphatic carbocycles. The third kappa shape index (κ3) is 2.52. The average Bonchev–Trinajstić information content (AvgIpc) is 2.06. The van der Waals surface area contributed by atoms with Gasteiger partial charge < -0.3 is 5.73 Å². The number of nitrogens with zero attached hydrogens (tertiary/aromatic N) is 1. The first kappa shape index (κ1) is 12.1. The molecule has 0 amide bonds. The van der Waals surface area contributed by atoms with Crippen molar-refractivity contribution in [3.63, 3.8) is 0 Å². The summed E-state index contributed by atoms with van der Waals surface area (Å²) < 4.78 is 46.3. The lowest BCUT2D eigenvalue weighted by Crippen LogP contribution is -2.16. The quantitative estimate of drug-likeness (QED) is 0.822. The van der Waals surface area contributed by atoms with Crippen LogP contribution in [0, 0.1) is 0 Å². The average molecular weight is 258 g/mol. The second-order valence-electron chi connectivity index (χ2n) is 2.60. The molecule has 1 heterocycles. The third-order valence-corrected chi connectivity index (χ3v) is 2.76. The number of rotatable bonds is 2. The lowest BCUT2D eigenvalue weighted by Gasteiger charge is -2.07. The maximum atomic E-state index is 12.3. The van der Waals surface area contributed by atoms with Crippen LogP contribution in [-0.4, -0.2) is 13.4 Å². The predicted octanol–water partition coefficient (Wildman–Crippen LogP) is 0.902. The minimum absolute atomic E-state index is 0.484. The molecule has 5 nitrogen and oxygen atoms in total. The van der Waals surface area contributed by atoms with Crippen molar-refractivity contribution in [1.82, 2.24) is 4.98 Å². The first-order valence-corrected chi connectivity index (χ1v) is 5.42. The van der Waals surface area contributed by atoms with Gasteiger partial charge in [-0.3, -0.25) is 0 Å². The highest BCUT2D eigenvalue weighted by Crippen LogP contribution is 2.29. The summed E-state index contributed by atoms with van der Waals surface area (Å²) in [6.07, 6.45) is -2.88. The molecule has 0 aliphatic rings. The second kappa shape index (κ2) is 3.87. The van der Waals surface area contributed by atoms with E-state index in [4.69, 9.17) is 22.5 Å². The topological polar surface area (TPSA) is 99.1 Å². The number of alkyl halides is 2. The van der Waals surface area contributed by atoms with E-state index in [0.717, 1.165) is 6.07 Å². The highest BCUT2D eigenvalue weighted by atomic mass is 35.5. The number of sulfonamides is 1. The molecular weight excluding hydrogens is 252 g/mol. The molecule has 0 radical (unpaired) electrons. The minimum Gasteiger partial charge on any atom is -0.383 e. The van der Waals surface area contributed by atoms with Gasteiger partial charge in [0.2, 0.25) is 0 Å². The highest BCUT2D eigenvalue weighted by molar-refractivity contribution is 7.89. The van der Waals surface area contributed by atoms with Crippen LogP contribution < -0.4 is 10.9 Å². The van der Waals surface area contributed by atoms with Crippen molar-refractivity contribution in [2.24, 2.45) is 5.14 Å². The number of aromatic nitrogens is 1. The number of primary sulfonamides is 1. The van der Waals surface area contributed by atoms with Gasteiger partial charge in [0.1, 0.15) is 5.82 Å². The first-order valence-electron chi connectivity index (χ1n) is 3.50. The second-order valence-corrected chi connectivity index (χ2v) is 4.48. The van der Waals surface area contributed by atoms with Crippen molar-refractivity contribution >= 4 is 27.4 Å². The van der Waals surface area contributed by atoms with Gasteiger partial charge in [-0.1, -0.05) is 11.6 Å². The summed E-state index contributed by atoms with van der Waals surface area (Å²) in [5.41, 5.74) is 4.49. The van der Waals surface area contributed by atoms with Crippen LogP contribution >= 0.6 is 11.6 Å². The van der Waals surface area contributed by atoms with Crippen LogP contribution in [0.3, 0.4) is 0 Å². The Balaban J connectivity index is 3.46. The van der Waals surface area contributed by atoms with Crippen molar-refractivity contribution in [3.8, 4) is 0 Å². The molecule has 0 saturated heterocycles. The molecule has 0 atom stereocenters. The van der Waals surface area contributed by atoms with E-state index in [1.165, 1.54) is 0 Å². The fraction of sp³-hybridized carbons (Fsp3) is 0.167. The summed E-state index contributed by atoms with van der Waals surface area (Å²) in [4.78, 5) is 3.22. The standard InChI is InChI=1S/C6H6ClF2N3O2S/c7-3-1-2(4(8)9)5(10)12-6(3)15(11,13)14/h1,4H,(H2,10,12)(H2,11,13,14). The molecule has 4 N–H and O–H groups in total. The highest BCUT2D eigenvalue weighted by Gasteiger charge is 2.21. The maximum Gasteiger partial charge on any atom is 0.267 e. The van der Waals surface area contributed by atoms with Crippen LogP contribution in [0.2, 0.25) is 5.02 Å². The van der Waals surface area contributed by atoms with Crippen molar-refractivity contribution in [1.29, 1.82) is 0 Å². The largest absolute Gasteiger partial charge is 0.383 e. The van der Waals surface area contributed by atoms with E-state index in [1.54, 1.807) is 0 Å². The molecule has 9 heteroatoms. The fourth-order valence-electron chi connectivity index (χ4n) is 0.874. The van der Waals surface area contributed by atoms with Crippen molar-refractivity contribution in [2.75, 3.05) is 5.73 Å². The lowest BCUT2D eigenvalue weighted by molar-refractivity contribution is 0.152. The van der Waals surface area contributed by atoms with E-state index >= 15 is 0 Å². The summed E-state index contributed by atoms with van der Waals surface area (Å²) >= 11 is 5.42. The molecule has 0 fully saturated rings. The molecule has 0 spiro atoms. The zero-order valence-corrected chi connectivity index (χ0v) is 8.69. The molecule has 0 unspecified atom stereocenters. The smallest absolute Gasteiger partial charge is 0.267 e. The van der Waals surface area contributed by atoms with Gasteiger partial charge in [0.15, 0.2) is 5.03 Å². The third-order valence-electron chi connectivity index (χ3n) is 1.51. The molecular formula is C6H6ClF2N3O2S. The van der Waals surface area contributed by atoms with Crippen LogP contribution in [0.15, 0.2) is 11.1 Å². The number of pyridine rings is 1. The van der Waals surface area contributed by atoms with E-state index in [-0.39, 0.29) is 0 Å². The van der Waals surface area contributed by atoms with Gasteiger partial charge >= 0.3 is 0 Å². The zero-order chi connectivity index (χ0) is 11.8. The molecule has 1 rings (SSSR count). The summed E-state index contributed by atoms with van der Waals surface area (Å²) in [5, 5.41) is 3.53. The fourth-order valence-corrected chi connectivity index (χ4v) is 1.91. The molecule has 0 aromatic carbocycles. The van der Waals surface area contributed by atoms with E-state index in [9.17, 15) is 17.2 Å². The van der Waals surface area contributed by atoms with Crippen LogP contribution in [0.5, 0.6) is 0 Å². The first-order chi connectivity index (χ1) is 6.73. The van der Waals surface area contributed by atoms with Gasteiger partial charge in [0, 0.05) is 0 Å². The Hall–Kier alpha value is -0.990. The van der Waals surface area contributed by atoms with Gasteiger partial charge in [-0.2, -0.15) is 0 Å². The normalized spacial score (nSPS) is 12.1. The molecule has 1 aromatic heterocycles. The number of nitrogens with two attached hydrogens (primary N) is 2. The van der Waals surface area contributed by atoms with E-state index < -0.39 is 37.9 Å². The van der Waals surface area contributed by atoms with Gasteiger partial charge in [-0.25, -0.2) is 27.3 Å². The summed E-state index contributed by atoms with van der Waals surface area (Å²) in [6.45, 7) is 0. The monoisotopic (exact) mass is 257 g/mol. The van der Waals surface area contributed by atoms with Crippen LogP contribution in [-0.2, 0) is 10.0 Å². The lowest BCUT2D eigenvalue weighted by atomic mass is 10.3. The summed E-state index contributed by atoms with van der Waals surface area (Å²) in [6, 6.07) is 0.730. The zero-order valence-electron chi connectivity index (χ0n) is 7.12. The molecule has 1 aromatic rings. The molecule has 84 valence electrons.